The predicted octanol–water partition coefficient (Wildman–Crippen LogP) is 4.55. The van der Waals surface area contributed by atoms with E-state index in [1.165, 1.54) is 35.0 Å². The number of benzene rings is 2. The summed E-state index contributed by atoms with van der Waals surface area (Å²) >= 11 is 0. The minimum absolute atomic E-state index is 0.0667. The summed E-state index contributed by atoms with van der Waals surface area (Å²) in [4.78, 5) is 28.1. The molecule has 0 saturated heterocycles. The minimum atomic E-state index is -3.63. The third-order valence-corrected chi connectivity index (χ3v) is 8.05. The zero-order valence-electron chi connectivity index (χ0n) is 22.0. The van der Waals surface area contributed by atoms with E-state index in [1.54, 1.807) is 11.8 Å². The maximum atomic E-state index is 13.4. The number of carbonyl (C=O) groups excluding carboxylic acids is 2. The predicted molar refractivity (Wildman–Crippen MR) is 144 cm³/mol. The van der Waals surface area contributed by atoms with Crippen molar-refractivity contribution in [2.24, 2.45) is 0 Å². The SMILES string of the molecule is Cc1ccc(CN(C(=O)CCCN(c2ccc(F)cc2)S(C)(=O)=O)[C@@H](C)C(=O)NC2CCCCC2)cc1. The fraction of sp³-hybridized carbons (Fsp3) is 0.500. The molecule has 1 atom stereocenters. The highest BCUT2D eigenvalue weighted by Crippen LogP contribution is 2.21. The third kappa shape index (κ3) is 8.55. The van der Waals surface area contributed by atoms with Crippen molar-refractivity contribution in [2.75, 3.05) is 17.1 Å². The Labute approximate surface area is 220 Å². The van der Waals surface area contributed by atoms with E-state index in [0.29, 0.717) is 5.69 Å². The number of nitrogens with one attached hydrogen (secondary N) is 1. The molecular weight excluding hydrogens is 493 g/mol. The Bertz CT molecular complexity index is 1150. The molecule has 37 heavy (non-hydrogen) atoms. The van der Waals surface area contributed by atoms with Gasteiger partial charge in [-0.3, -0.25) is 13.9 Å². The molecule has 0 heterocycles. The Hall–Kier alpha value is -2.94. The van der Waals surface area contributed by atoms with Gasteiger partial charge in [-0.25, -0.2) is 12.8 Å². The highest BCUT2D eigenvalue weighted by molar-refractivity contribution is 7.92. The summed E-state index contributed by atoms with van der Waals surface area (Å²) in [5.41, 5.74) is 2.36. The maximum absolute atomic E-state index is 13.4. The fourth-order valence-corrected chi connectivity index (χ4v) is 5.62. The minimum Gasteiger partial charge on any atom is -0.352 e. The molecule has 3 rings (SSSR count). The first-order valence-corrected chi connectivity index (χ1v) is 14.8. The number of amides is 2. The third-order valence-electron chi connectivity index (χ3n) is 6.86. The van der Waals surface area contributed by atoms with Crippen LogP contribution >= 0.6 is 0 Å². The summed E-state index contributed by atoms with van der Waals surface area (Å²) in [5.74, 6) is -0.851. The number of aryl methyl sites for hydroxylation is 1. The summed E-state index contributed by atoms with van der Waals surface area (Å²) in [6.07, 6.45) is 6.68. The molecule has 9 heteroatoms. The van der Waals surface area contributed by atoms with Crippen LogP contribution in [0.15, 0.2) is 48.5 Å². The maximum Gasteiger partial charge on any atom is 0.242 e. The first-order chi connectivity index (χ1) is 17.5. The average Bonchev–Trinajstić information content (AvgIpc) is 2.86. The fourth-order valence-electron chi connectivity index (χ4n) is 4.65. The number of carbonyl (C=O) groups is 2. The summed E-state index contributed by atoms with van der Waals surface area (Å²) in [6, 6.07) is 12.5. The highest BCUT2D eigenvalue weighted by Gasteiger charge is 2.28. The van der Waals surface area contributed by atoms with Crippen LogP contribution in [-0.2, 0) is 26.2 Å². The van der Waals surface area contributed by atoms with Crippen LogP contribution in [0.3, 0.4) is 0 Å². The number of hydrogen-bond acceptors (Lipinski definition) is 4. The first kappa shape index (κ1) is 28.6. The molecule has 0 bridgehead atoms. The monoisotopic (exact) mass is 531 g/mol. The van der Waals surface area contributed by atoms with Crippen molar-refractivity contribution < 1.29 is 22.4 Å². The van der Waals surface area contributed by atoms with Crippen molar-refractivity contribution in [2.45, 2.75) is 77.4 Å². The molecule has 0 spiro atoms. The Morgan fingerprint density at radius 2 is 1.65 bits per heavy atom. The van der Waals surface area contributed by atoms with E-state index >= 15 is 0 Å². The van der Waals surface area contributed by atoms with E-state index in [4.69, 9.17) is 0 Å². The van der Waals surface area contributed by atoms with Gasteiger partial charge in [0.05, 0.1) is 11.9 Å². The summed E-state index contributed by atoms with van der Waals surface area (Å²) in [6.45, 7) is 4.08. The van der Waals surface area contributed by atoms with Gasteiger partial charge in [0.15, 0.2) is 0 Å². The summed E-state index contributed by atoms with van der Waals surface area (Å²) in [5, 5.41) is 3.12. The number of sulfonamides is 1. The second kappa shape index (κ2) is 13.0. The molecule has 2 aromatic rings. The van der Waals surface area contributed by atoms with Crippen LogP contribution in [0.1, 0.15) is 63.0 Å². The molecule has 0 aliphatic heterocycles. The van der Waals surface area contributed by atoms with Gasteiger partial charge in [0.25, 0.3) is 0 Å². The largest absolute Gasteiger partial charge is 0.352 e. The van der Waals surface area contributed by atoms with Gasteiger partial charge >= 0.3 is 0 Å². The zero-order valence-corrected chi connectivity index (χ0v) is 22.8. The smallest absolute Gasteiger partial charge is 0.242 e. The molecule has 0 radical (unpaired) electrons. The van der Waals surface area contributed by atoms with Gasteiger partial charge in [0, 0.05) is 25.6 Å². The lowest BCUT2D eigenvalue weighted by Gasteiger charge is -2.31. The molecule has 2 aromatic carbocycles. The molecule has 1 N–H and O–H groups in total. The number of rotatable bonds is 11. The van der Waals surface area contributed by atoms with E-state index in [0.717, 1.165) is 43.1 Å². The molecule has 1 aliphatic carbocycles. The summed E-state index contributed by atoms with van der Waals surface area (Å²) in [7, 11) is -3.63. The molecule has 0 unspecified atom stereocenters. The molecule has 1 fully saturated rings. The Balaban J connectivity index is 1.70. The normalized spacial score (nSPS) is 15.1. The van der Waals surface area contributed by atoms with E-state index in [2.05, 4.69) is 5.32 Å². The summed E-state index contributed by atoms with van der Waals surface area (Å²) < 4.78 is 39.2. The van der Waals surface area contributed by atoms with E-state index in [-0.39, 0.29) is 43.8 Å². The van der Waals surface area contributed by atoms with Gasteiger partial charge in [0.2, 0.25) is 21.8 Å². The second-order valence-electron chi connectivity index (χ2n) is 9.94. The molecule has 0 aromatic heterocycles. The molecule has 7 nitrogen and oxygen atoms in total. The van der Waals surface area contributed by atoms with Crippen LogP contribution in [-0.4, -0.2) is 50.0 Å². The molecule has 1 aliphatic rings. The average molecular weight is 532 g/mol. The van der Waals surface area contributed by atoms with Crippen LogP contribution in [0.4, 0.5) is 10.1 Å². The Kier molecular flexibility index (Phi) is 10.1. The molecule has 202 valence electrons. The lowest BCUT2D eigenvalue weighted by atomic mass is 9.95. The van der Waals surface area contributed by atoms with E-state index in [1.807, 2.05) is 31.2 Å². The zero-order chi connectivity index (χ0) is 27.0. The van der Waals surface area contributed by atoms with Crippen molar-refractivity contribution in [1.29, 1.82) is 0 Å². The Morgan fingerprint density at radius 1 is 1.03 bits per heavy atom. The van der Waals surface area contributed by atoms with Gasteiger partial charge in [0.1, 0.15) is 11.9 Å². The van der Waals surface area contributed by atoms with Crippen LogP contribution in [0, 0.1) is 12.7 Å². The first-order valence-electron chi connectivity index (χ1n) is 12.9. The molecule has 1 saturated carbocycles. The number of nitrogens with zero attached hydrogens (tertiary/aromatic N) is 2. The standard InChI is InChI=1S/C28H38FN3O4S/c1-21-11-13-23(14-12-21)20-31(22(2)28(34)30-25-8-5-4-6-9-25)27(33)10-7-19-32(37(3,35)36)26-17-15-24(29)16-18-26/h11-18,22,25H,4-10,19-20H2,1-3H3,(H,30,34)/t22-/m0/s1. The van der Waals surface area contributed by atoms with Gasteiger partial charge in [-0.1, -0.05) is 49.1 Å². The number of halogens is 1. The van der Waals surface area contributed by atoms with Crippen LogP contribution < -0.4 is 9.62 Å². The van der Waals surface area contributed by atoms with Gasteiger partial charge in [-0.2, -0.15) is 0 Å². The quantitative estimate of drug-likeness (QED) is 0.461. The lowest BCUT2D eigenvalue weighted by molar-refractivity contribution is -0.141. The van der Waals surface area contributed by atoms with Crippen molar-refractivity contribution in [3.63, 3.8) is 0 Å². The lowest BCUT2D eigenvalue weighted by Crippen LogP contribution is -2.50. The van der Waals surface area contributed by atoms with Crippen LogP contribution in [0.25, 0.3) is 0 Å². The van der Waals surface area contributed by atoms with Crippen molar-refractivity contribution in [3.8, 4) is 0 Å². The van der Waals surface area contributed by atoms with Crippen LogP contribution in [0.5, 0.6) is 0 Å². The van der Waals surface area contributed by atoms with Crippen molar-refractivity contribution >= 4 is 27.5 Å². The number of anilines is 1. The van der Waals surface area contributed by atoms with Gasteiger partial charge in [-0.05, 0) is 62.9 Å². The van der Waals surface area contributed by atoms with Crippen LogP contribution in [0.2, 0.25) is 0 Å². The highest BCUT2D eigenvalue weighted by atomic mass is 32.2. The number of hydrogen-bond donors (Lipinski definition) is 1. The van der Waals surface area contributed by atoms with Gasteiger partial charge in [-0.15, -0.1) is 0 Å². The van der Waals surface area contributed by atoms with Gasteiger partial charge < -0.3 is 10.2 Å². The topological polar surface area (TPSA) is 86.8 Å². The molecule has 2 amide bonds. The second-order valence-corrected chi connectivity index (χ2v) is 11.8. The van der Waals surface area contributed by atoms with Crippen molar-refractivity contribution in [3.05, 3.63) is 65.5 Å². The van der Waals surface area contributed by atoms with E-state index < -0.39 is 21.9 Å². The van der Waals surface area contributed by atoms with E-state index in [9.17, 15) is 22.4 Å². The molecular formula is C28H38FN3O4S. The Morgan fingerprint density at radius 3 is 2.24 bits per heavy atom. The van der Waals surface area contributed by atoms with Crippen molar-refractivity contribution in [1.82, 2.24) is 10.2 Å².